The van der Waals surface area contributed by atoms with Crippen LogP contribution in [0.25, 0.3) is 4.85 Å². The highest BCUT2D eigenvalue weighted by molar-refractivity contribution is 5.14. The summed E-state index contributed by atoms with van der Waals surface area (Å²) in [7, 11) is 0. The van der Waals surface area contributed by atoms with Crippen LogP contribution in [-0.2, 0) is 0 Å². The molecule has 1 nitrogen and oxygen atoms in total. The molecule has 0 unspecified atom stereocenters. The Labute approximate surface area is 43.5 Å². The number of hydrogen-bond acceptors (Lipinski definition) is 0. The summed E-state index contributed by atoms with van der Waals surface area (Å²) in [5, 5.41) is 0. The minimum absolute atomic E-state index is 0.285. The van der Waals surface area contributed by atoms with Crippen LogP contribution in [0.2, 0.25) is 0 Å². The van der Waals surface area contributed by atoms with Crippen molar-refractivity contribution in [2.45, 2.75) is 18.9 Å². The smallest absolute Gasteiger partial charge is 0.231 e. The van der Waals surface area contributed by atoms with Gasteiger partial charge in [-0.05, 0) is 0 Å². The summed E-state index contributed by atoms with van der Waals surface area (Å²) < 4.78 is 0. The molecule has 0 spiro atoms. The standard InChI is InChI=1S/C6H7N/c1-5-3-6(4-5)7-2/h6H,1,3-4H2. The lowest BCUT2D eigenvalue weighted by Crippen LogP contribution is -2.14. The molecule has 0 N–H and O–H groups in total. The molecule has 0 heterocycles. The van der Waals surface area contributed by atoms with Crippen LogP contribution >= 0.6 is 0 Å². The molecule has 1 aliphatic carbocycles. The molecule has 0 amide bonds. The van der Waals surface area contributed by atoms with Crippen LogP contribution in [0.4, 0.5) is 0 Å². The van der Waals surface area contributed by atoms with Gasteiger partial charge in [-0.2, -0.15) is 0 Å². The molecular formula is C6H7N. The summed E-state index contributed by atoms with van der Waals surface area (Å²) in [4.78, 5) is 3.33. The molecule has 0 aromatic rings. The molecule has 36 valence electrons. The maximum absolute atomic E-state index is 6.53. The van der Waals surface area contributed by atoms with Crippen LogP contribution in [0.1, 0.15) is 12.8 Å². The van der Waals surface area contributed by atoms with E-state index < -0.39 is 0 Å². The minimum Gasteiger partial charge on any atom is -0.313 e. The Kier molecular flexibility index (Phi) is 0.867. The highest BCUT2D eigenvalue weighted by Crippen LogP contribution is 2.26. The topological polar surface area (TPSA) is 4.36 Å². The lowest BCUT2D eigenvalue weighted by Gasteiger charge is -2.15. The van der Waals surface area contributed by atoms with Gasteiger partial charge in [-0.25, -0.2) is 6.57 Å². The first-order valence-electron chi connectivity index (χ1n) is 2.36. The average molecular weight is 93.1 g/mol. The third-order valence-electron chi connectivity index (χ3n) is 1.23. The van der Waals surface area contributed by atoms with E-state index in [1.165, 1.54) is 5.57 Å². The van der Waals surface area contributed by atoms with Crippen molar-refractivity contribution in [3.05, 3.63) is 23.6 Å². The molecule has 0 radical (unpaired) electrons. The molecule has 1 fully saturated rings. The van der Waals surface area contributed by atoms with Gasteiger partial charge in [-0.3, -0.25) is 0 Å². The maximum atomic E-state index is 6.53. The maximum Gasteiger partial charge on any atom is 0.231 e. The van der Waals surface area contributed by atoms with Gasteiger partial charge in [0.2, 0.25) is 6.04 Å². The minimum atomic E-state index is 0.285. The van der Waals surface area contributed by atoms with Gasteiger partial charge in [0.05, 0.1) is 0 Å². The highest BCUT2D eigenvalue weighted by Gasteiger charge is 2.25. The molecule has 1 rings (SSSR count). The van der Waals surface area contributed by atoms with E-state index >= 15 is 0 Å². The van der Waals surface area contributed by atoms with Crippen molar-refractivity contribution in [1.82, 2.24) is 0 Å². The summed E-state index contributed by atoms with van der Waals surface area (Å²) in [6.45, 7) is 10.2. The van der Waals surface area contributed by atoms with Crippen molar-refractivity contribution in [3.8, 4) is 0 Å². The summed E-state index contributed by atoms with van der Waals surface area (Å²) in [6, 6.07) is 0.285. The first kappa shape index (κ1) is 4.39. The zero-order chi connectivity index (χ0) is 5.28. The van der Waals surface area contributed by atoms with E-state index in [-0.39, 0.29) is 6.04 Å². The Balaban J connectivity index is 2.34. The van der Waals surface area contributed by atoms with Crippen molar-refractivity contribution in [3.63, 3.8) is 0 Å². The van der Waals surface area contributed by atoms with E-state index in [2.05, 4.69) is 11.4 Å². The molecule has 0 saturated heterocycles. The molecule has 0 aromatic heterocycles. The van der Waals surface area contributed by atoms with E-state index in [0.717, 1.165) is 12.8 Å². The summed E-state index contributed by atoms with van der Waals surface area (Å²) in [5.74, 6) is 0. The number of nitrogens with zero attached hydrogens (tertiary/aromatic N) is 1. The van der Waals surface area contributed by atoms with Crippen LogP contribution in [0, 0.1) is 6.57 Å². The SMILES string of the molecule is [C-]#[N+]C1CC(=C)C1. The summed E-state index contributed by atoms with van der Waals surface area (Å²) in [6.07, 6.45) is 1.90. The van der Waals surface area contributed by atoms with E-state index in [1.807, 2.05) is 0 Å². The predicted octanol–water partition coefficient (Wildman–Crippen LogP) is 1.62. The predicted molar refractivity (Wildman–Crippen MR) is 28.8 cm³/mol. The zero-order valence-corrected chi connectivity index (χ0v) is 4.15. The fraction of sp³-hybridized carbons (Fsp3) is 0.500. The van der Waals surface area contributed by atoms with Gasteiger partial charge in [0.25, 0.3) is 0 Å². The van der Waals surface area contributed by atoms with Gasteiger partial charge in [0.1, 0.15) is 0 Å². The van der Waals surface area contributed by atoms with E-state index in [9.17, 15) is 0 Å². The van der Waals surface area contributed by atoms with Crippen molar-refractivity contribution in [1.29, 1.82) is 0 Å². The van der Waals surface area contributed by atoms with Crippen LogP contribution in [0.5, 0.6) is 0 Å². The van der Waals surface area contributed by atoms with Gasteiger partial charge in [-0.1, -0.05) is 12.2 Å². The second-order valence-electron chi connectivity index (χ2n) is 1.94. The van der Waals surface area contributed by atoms with Gasteiger partial charge < -0.3 is 4.85 Å². The normalized spacial score (nSPS) is 20.7. The van der Waals surface area contributed by atoms with Gasteiger partial charge in [0.15, 0.2) is 0 Å². The lowest BCUT2D eigenvalue weighted by molar-refractivity contribution is 0.617. The molecule has 1 heteroatoms. The average Bonchev–Trinajstić information content (AvgIpc) is 1.58. The molecule has 0 aromatic carbocycles. The molecule has 0 bridgehead atoms. The van der Waals surface area contributed by atoms with E-state index in [0.29, 0.717) is 0 Å². The monoisotopic (exact) mass is 93.1 g/mol. The van der Waals surface area contributed by atoms with Crippen LogP contribution < -0.4 is 0 Å². The van der Waals surface area contributed by atoms with E-state index in [4.69, 9.17) is 6.57 Å². The summed E-state index contributed by atoms with van der Waals surface area (Å²) in [5.41, 5.74) is 1.24. The Morgan fingerprint density at radius 2 is 2.29 bits per heavy atom. The fourth-order valence-corrected chi connectivity index (χ4v) is 0.698. The van der Waals surface area contributed by atoms with Crippen molar-refractivity contribution < 1.29 is 0 Å². The van der Waals surface area contributed by atoms with Gasteiger partial charge in [0, 0.05) is 12.8 Å². The van der Waals surface area contributed by atoms with Crippen LogP contribution in [-0.4, -0.2) is 6.04 Å². The molecule has 1 saturated carbocycles. The first-order chi connectivity index (χ1) is 3.33. The second kappa shape index (κ2) is 1.38. The van der Waals surface area contributed by atoms with Crippen LogP contribution in [0.15, 0.2) is 12.2 Å². The molecule has 1 aliphatic rings. The van der Waals surface area contributed by atoms with Crippen molar-refractivity contribution in [2.75, 3.05) is 0 Å². The Bertz CT molecular complexity index is 122. The zero-order valence-electron chi connectivity index (χ0n) is 4.15. The van der Waals surface area contributed by atoms with Crippen molar-refractivity contribution >= 4 is 0 Å². The molecule has 0 atom stereocenters. The first-order valence-corrected chi connectivity index (χ1v) is 2.36. The van der Waals surface area contributed by atoms with E-state index in [1.54, 1.807) is 0 Å². The Morgan fingerprint density at radius 1 is 1.71 bits per heavy atom. The highest BCUT2D eigenvalue weighted by atomic mass is 14.7. The number of hydrogen-bond donors (Lipinski definition) is 0. The quantitative estimate of drug-likeness (QED) is 0.316. The Hall–Kier alpha value is -0.770. The summed E-state index contributed by atoms with van der Waals surface area (Å²) >= 11 is 0. The van der Waals surface area contributed by atoms with Gasteiger partial charge in [-0.15, -0.1) is 0 Å². The van der Waals surface area contributed by atoms with Crippen LogP contribution in [0.3, 0.4) is 0 Å². The molecular weight excluding hydrogens is 86.1 g/mol. The Morgan fingerprint density at radius 3 is 2.43 bits per heavy atom. The number of rotatable bonds is 0. The second-order valence-corrected chi connectivity index (χ2v) is 1.94. The lowest BCUT2D eigenvalue weighted by atomic mass is 9.89. The van der Waals surface area contributed by atoms with Gasteiger partial charge >= 0.3 is 0 Å². The third-order valence-corrected chi connectivity index (χ3v) is 1.23. The molecule has 0 aliphatic heterocycles. The third kappa shape index (κ3) is 0.640. The fourth-order valence-electron chi connectivity index (χ4n) is 0.698. The van der Waals surface area contributed by atoms with Crippen molar-refractivity contribution in [2.24, 2.45) is 0 Å². The largest absolute Gasteiger partial charge is 0.313 e. The molecule has 7 heavy (non-hydrogen) atoms.